The van der Waals surface area contributed by atoms with Gasteiger partial charge in [0, 0.05) is 13.6 Å². The fourth-order valence-corrected chi connectivity index (χ4v) is 2.11. The van der Waals surface area contributed by atoms with Crippen molar-refractivity contribution in [2.75, 3.05) is 21.3 Å². The molecule has 0 unspecified atom stereocenters. The number of furan rings is 1. The van der Waals surface area contributed by atoms with E-state index in [1.807, 2.05) is 18.2 Å². The number of rotatable bonds is 6. The first-order chi connectivity index (χ1) is 11.7. The molecular weight excluding hydrogens is 310 g/mol. The van der Waals surface area contributed by atoms with Gasteiger partial charge in [0.05, 0.1) is 27.0 Å². The zero-order chi connectivity index (χ0) is 17.4. The van der Waals surface area contributed by atoms with Gasteiger partial charge in [-0.25, -0.2) is 4.79 Å². The van der Waals surface area contributed by atoms with Gasteiger partial charge in [-0.2, -0.15) is 0 Å². The van der Waals surface area contributed by atoms with Crippen molar-refractivity contribution in [1.82, 2.24) is 10.6 Å². The number of esters is 1. The number of hydrogen-bond acceptors (Lipinski definition) is 5. The molecule has 0 atom stereocenters. The maximum atomic E-state index is 11.7. The van der Waals surface area contributed by atoms with Gasteiger partial charge >= 0.3 is 5.97 Å². The largest absolute Gasteiger partial charge is 0.496 e. The van der Waals surface area contributed by atoms with Gasteiger partial charge in [0.2, 0.25) is 0 Å². The third kappa shape index (κ3) is 4.52. The molecule has 128 valence electrons. The normalized spacial score (nSPS) is 11.0. The summed E-state index contributed by atoms with van der Waals surface area (Å²) < 4.78 is 15.2. The van der Waals surface area contributed by atoms with E-state index >= 15 is 0 Å². The summed E-state index contributed by atoms with van der Waals surface area (Å²) in [6.07, 6.45) is 1.63. The monoisotopic (exact) mass is 331 g/mol. The second-order valence-electron chi connectivity index (χ2n) is 4.88. The van der Waals surface area contributed by atoms with Gasteiger partial charge in [0.25, 0.3) is 0 Å². The van der Waals surface area contributed by atoms with E-state index in [1.54, 1.807) is 25.4 Å². The van der Waals surface area contributed by atoms with Crippen molar-refractivity contribution in [2.45, 2.75) is 13.1 Å². The number of methoxy groups -OCH3 is 2. The predicted octanol–water partition coefficient (Wildman–Crippen LogP) is 1.94. The lowest BCUT2D eigenvalue weighted by atomic mass is 10.1. The summed E-state index contributed by atoms with van der Waals surface area (Å²) in [6, 6.07) is 9.03. The van der Waals surface area contributed by atoms with Gasteiger partial charge in [-0.3, -0.25) is 4.99 Å². The average molecular weight is 331 g/mol. The van der Waals surface area contributed by atoms with Crippen molar-refractivity contribution in [3.8, 4) is 5.75 Å². The number of carbonyl (C=O) groups excluding carboxylic acids is 1. The Labute approximate surface area is 140 Å². The van der Waals surface area contributed by atoms with Gasteiger partial charge in [-0.1, -0.05) is 6.07 Å². The SMILES string of the molecule is CN=C(NCc1ccc(C(=O)OC)c(OC)c1)NCc1ccco1. The molecule has 7 heteroatoms. The van der Waals surface area contributed by atoms with Crippen molar-refractivity contribution in [1.29, 1.82) is 0 Å². The minimum Gasteiger partial charge on any atom is -0.496 e. The van der Waals surface area contributed by atoms with Crippen LogP contribution in [0.3, 0.4) is 0 Å². The third-order valence-corrected chi connectivity index (χ3v) is 3.36. The molecule has 0 aliphatic rings. The Morgan fingerprint density at radius 3 is 2.62 bits per heavy atom. The summed E-state index contributed by atoms with van der Waals surface area (Å²) in [4.78, 5) is 15.8. The topological polar surface area (TPSA) is 85.1 Å². The van der Waals surface area contributed by atoms with Crippen LogP contribution in [0.2, 0.25) is 0 Å². The maximum absolute atomic E-state index is 11.7. The van der Waals surface area contributed by atoms with Gasteiger partial charge in [-0.15, -0.1) is 0 Å². The number of carbonyl (C=O) groups is 1. The first-order valence-electron chi connectivity index (χ1n) is 7.40. The fraction of sp³-hybridized carbons (Fsp3) is 0.294. The Morgan fingerprint density at radius 1 is 1.21 bits per heavy atom. The molecule has 0 aliphatic heterocycles. The number of hydrogen-bond donors (Lipinski definition) is 2. The first kappa shape index (κ1) is 17.4. The molecule has 0 saturated carbocycles. The molecule has 0 fully saturated rings. The molecule has 24 heavy (non-hydrogen) atoms. The molecule has 1 aromatic heterocycles. The molecule has 1 aromatic carbocycles. The molecule has 0 spiro atoms. The first-order valence-corrected chi connectivity index (χ1v) is 7.40. The van der Waals surface area contributed by atoms with Gasteiger partial charge in [-0.05, 0) is 29.8 Å². The number of nitrogens with zero attached hydrogens (tertiary/aromatic N) is 1. The molecule has 1 heterocycles. The molecule has 2 aromatic rings. The van der Waals surface area contributed by atoms with Crippen LogP contribution >= 0.6 is 0 Å². The van der Waals surface area contributed by atoms with Crippen molar-refractivity contribution in [3.63, 3.8) is 0 Å². The zero-order valence-corrected chi connectivity index (χ0v) is 14.0. The van der Waals surface area contributed by atoms with Crippen LogP contribution in [-0.4, -0.2) is 33.2 Å². The average Bonchev–Trinajstić information content (AvgIpc) is 3.14. The number of benzene rings is 1. The zero-order valence-electron chi connectivity index (χ0n) is 14.0. The second-order valence-corrected chi connectivity index (χ2v) is 4.88. The highest BCUT2D eigenvalue weighted by Gasteiger charge is 2.13. The number of aliphatic imine (C=N–C) groups is 1. The highest BCUT2D eigenvalue weighted by atomic mass is 16.5. The smallest absolute Gasteiger partial charge is 0.341 e. The lowest BCUT2D eigenvalue weighted by Crippen LogP contribution is -2.36. The van der Waals surface area contributed by atoms with E-state index in [1.165, 1.54) is 14.2 Å². The fourth-order valence-electron chi connectivity index (χ4n) is 2.11. The van der Waals surface area contributed by atoms with Crippen LogP contribution in [0, 0.1) is 0 Å². The second kappa shape index (κ2) is 8.61. The predicted molar refractivity (Wildman–Crippen MR) is 90.1 cm³/mol. The standard InChI is InChI=1S/C17H21N3O4/c1-18-17(20-11-13-5-4-8-24-13)19-10-12-6-7-14(16(21)23-3)15(9-12)22-2/h4-9H,10-11H2,1-3H3,(H2,18,19,20). The summed E-state index contributed by atoms with van der Waals surface area (Å²) in [5.74, 6) is 1.51. The molecule has 2 rings (SSSR count). The molecular formula is C17H21N3O4. The summed E-state index contributed by atoms with van der Waals surface area (Å²) in [5, 5.41) is 6.34. The van der Waals surface area contributed by atoms with Crippen molar-refractivity contribution in [3.05, 3.63) is 53.5 Å². The van der Waals surface area contributed by atoms with Crippen LogP contribution in [0.4, 0.5) is 0 Å². The highest BCUT2D eigenvalue weighted by Crippen LogP contribution is 2.21. The van der Waals surface area contributed by atoms with Crippen LogP contribution in [0.1, 0.15) is 21.7 Å². The minimum absolute atomic E-state index is 0.393. The van der Waals surface area contributed by atoms with E-state index in [2.05, 4.69) is 15.6 Å². The lowest BCUT2D eigenvalue weighted by molar-refractivity contribution is 0.0597. The Balaban J connectivity index is 1.96. The lowest BCUT2D eigenvalue weighted by Gasteiger charge is -2.13. The molecule has 0 aliphatic carbocycles. The Hall–Kier alpha value is -2.96. The van der Waals surface area contributed by atoms with Crippen molar-refractivity contribution < 1.29 is 18.7 Å². The van der Waals surface area contributed by atoms with Crippen LogP contribution in [-0.2, 0) is 17.8 Å². The van der Waals surface area contributed by atoms with E-state index in [0.717, 1.165) is 11.3 Å². The van der Waals surface area contributed by atoms with Crippen molar-refractivity contribution in [2.24, 2.45) is 4.99 Å². The van der Waals surface area contributed by atoms with E-state index in [0.29, 0.717) is 30.4 Å². The summed E-state index contributed by atoms with van der Waals surface area (Å²) >= 11 is 0. The summed E-state index contributed by atoms with van der Waals surface area (Å²) in [7, 11) is 4.55. The maximum Gasteiger partial charge on any atom is 0.341 e. The highest BCUT2D eigenvalue weighted by molar-refractivity contribution is 5.92. The van der Waals surface area contributed by atoms with Gasteiger partial charge in [0.15, 0.2) is 5.96 Å². The molecule has 2 N–H and O–H groups in total. The van der Waals surface area contributed by atoms with Crippen molar-refractivity contribution >= 4 is 11.9 Å². The molecule has 0 amide bonds. The Bertz CT molecular complexity index is 696. The van der Waals surface area contributed by atoms with E-state index in [4.69, 9.17) is 13.9 Å². The molecule has 0 bridgehead atoms. The van der Waals surface area contributed by atoms with Gasteiger partial charge in [0.1, 0.15) is 17.1 Å². The molecule has 0 saturated heterocycles. The Kier molecular flexibility index (Phi) is 6.24. The van der Waals surface area contributed by atoms with Crippen LogP contribution in [0.5, 0.6) is 5.75 Å². The summed E-state index contributed by atoms with van der Waals surface area (Å²) in [5.41, 5.74) is 1.34. The molecule has 0 radical (unpaired) electrons. The molecule has 7 nitrogen and oxygen atoms in total. The van der Waals surface area contributed by atoms with E-state index in [-0.39, 0.29) is 0 Å². The number of ether oxygens (including phenoxy) is 2. The van der Waals surface area contributed by atoms with E-state index < -0.39 is 5.97 Å². The third-order valence-electron chi connectivity index (χ3n) is 3.36. The number of nitrogens with one attached hydrogen (secondary N) is 2. The van der Waals surface area contributed by atoms with Crippen LogP contribution < -0.4 is 15.4 Å². The number of guanidine groups is 1. The minimum atomic E-state index is -0.428. The summed E-state index contributed by atoms with van der Waals surface area (Å²) in [6.45, 7) is 1.06. The van der Waals surface area contributed by atoms with Crippen LogP contribution in [0.25, 0.3) is 0 Å². The van der Waals surface area contributed by atoms with Gasteiger partial charge < -0.3 is 24.5 Å². The van der Waals surface area contributed by atoms with E-state index in [9.17, 15) is 4.79 Å². The van der Waals surface area contributed by atoms with Crippen LogP contribution in [0.15, 0.2) is 46.0 Å². The Morgan fingerprint density at radius 2 is 2.00 bits per heavy atom. The quantitative estimate of drug-likeness (QED) is 0.478.